The Balaban J connectivity index is 1.32. The molecule has 0 saturated heterocycles. The van der Waals surface area contributed by atoms with Gasteiger partial charge in [0.2, 0.25) is 0 Å². The molecule has 0 N–H and O–H groups in total. The van der Waals surface area contributed by atoms with Crippen LogP contribution in [-0.4, -0.2) is 0 Å². The molecule has 0 aliphatic heterocycles. The van der Waals surface area contributed by atoms with Crippen molar-refractivity contribution >= 4 is 23.2 Å². The molecule has 0 fully saturated rings. The zero-order valence-corrected chi connectivity index (χ0v) is 27.7. The third-order valence-electron chi connectivity index (χ3n) is 8.07. The molecule has 0 atom stereocenters. The average molecular weight is 736 g/mol. The third-order valence-corrected chi connectivity index (χ3v) is 8.73. The van der Waals surface area contributed by atoms with Crippen LogP contribution in [-0.2, 0) is 12.5 Å². The van der Waals surface area contributed by atoms with E-state index < -0.39 is 67.9 Å². The van der Waals surface area contributed by atoms with Gasteiger partial charge in [-0.3, -0.25) is 0 Å². The first-order valence-corrected chi connectivity index (χ1v) is 16.2. The molecule has 0 aliphatic carbocycles. The highest BCUT2D eigenvalue weighted by Crippen LogP contribution is 2.41. The minimum absolute atomic E-state index is 0.0923. The summed E-state index contributed by atoms with van der Waals surface area (Å²) in [5.41, 5.74) is -0.721. The van der Waals surface area contributed by atoms with E-state index in [4.69, 9.17) is 23.2 Å². The Hall–Kier alpha value is -4.34. The molecule has 0 bridgehead atoms. The van der Waals surface area contributed by atoms with Crippen LogP contribution in [0.4, 0.5) is 35.1 Å². The lowest BCUT2D eigenvalue weighted by Crippen LogP contribution is -2.23. The van der Waals surface area contributed by atoms with E-state index in [2.05, 4.69) is 11.3 Å². The van der Waals surface area contributed by atoms with Crippen LogP contribution in [0.1, 0.15) is 43.2 Å². The summed E-state index contributed by atoms with van der Waals surface area (Å²) in [6.07, 6.45) is 3.48. The fourth-order valence-corrected chi connectivity index (χ4v) is 5.91. The smallest absolute Gasteiger partial charge is 0.423 e. The fourth-order valence-electron chi connectivity index (χ4n) is 5.48. The van der Waals surface area contributed by atoms with Crippen molar-refractivity contribution in [2.75, 3.05) is 0 Å². The number of allylic oxidation sites excluding steroid dienone is 1. The second-order valence-corrected chi connectivity index (χ2v) is 12.4. The summed E-state index contributed by atoms with van der Waals surface area (Å²) in [7, 11) is 0. The van der Waals surface area contributed by atoms with Gasteiger partial charge in [0.05, 0.1) is 10.6 Å². The first-order chi connectivity index (χ1) is 23.8. The van der Waals surface area contributed by atoms with Crippen LogP contribution < -0.4 is 4.74 Å². The topological polar surface area (TPSA) is 9.23 Å². The molecule has 0 amide bonds. The van der Waals surface area contributed by atoms with Crippen molar-refractivity contribution in [2.45, 2.75) is 44.6 Å². The Bertz CT molecular complexity index is 1960. The highest BCUT2D eigenvalue weighted by molar-refractivity contribution is 6.33. The first kappa shape index (κ1) is 36.9. The van der Waals surface area contributed by atoms with Crippen LogP contribution in [0.5, 0.6) is 5.75 Å². The normalized spacial score (nSPS) is 11.6. The number of aryl methyl sites for hydroxylation is 1. The van der Waals surface area contributed by atoms with Gasteiger partial charge in [-0.2, -0.15) is 8.78 Å². The first-order valence-electron chi connectivity index (χ1n) is 15.5. The SMILES string of the molecule is C=CCCCCCCc1ccc(-c2cc(F)c(OC(F)(F)c3cc(F)c(-c4ccc(-c5cc(F)c(Cl)c(F)c5)c(F)c4)c(Cl)c3)c(F)c2)cc1. The van der Waals surface area contributed by atoms with Crippen LogP contribution in [0.25, 0.3) is 33.4 Å². The predicted molar refractivity (Wildman–Crippen MR) is 180 cm³/mol. The molecule has 5 aromatic rings. The highest BCUT2D eigenvalue weighted by atomic mass is 35.5. The maximum atomic E-state index is 15.3. The van der Waals surface area contributed by atoms with Crippen LogP contribution in [0.2, 0.25) is 10.0 Å². The monoisotopic (exact) mass is 734 g/mol. The van der Waals surface area contributed by atoms with Gasteiger partial charge in [-0.05, 0) is 96.0 Å². The van der Waals surface area contributed by atoms with Gasteiger partial charge in [0.15, 0.2) is 17.4 Å². The summed E-state index contributed by atoms with van der Waals surface area (Å²) in [5, 5.41) is -1.38. The van der Waals surface area contributed by atoms with Gasteiger partial charge < -0.3 is 4.74 Å². The lowest BCUT2D eigenvalue weighted by molar-refractivity contribution is -0.188. The Labute approximate surface area is 293 Å². The van der Waals surface area contributed by atoms with Gasteiger partial charge in [0.1, 0.15) is 28.3 Å². The summed E-state index contributed by atoms with van der Waals surface area (Å²) < 4.78 is 123. The van der Waals surface area contributed by atoms with E-state index in [-0.39, 0.29) is 22.3 Å². The zero-order chi connectivity index (χ0) is 36.2. The van der Waals surface area contributed by atoms with Crippen molar-refractivity contribution in [3.8, 4) is 39.1 Å². The van der Waals surface area contributed by atoms with E-state index in [0.29, 0.717) is 17.7 Å². The molecule has 0 radical (unpaired) electrons. The minimum Gasteiger partial charge on any atom is -0.423 e. The standard InChI is InChI=1S/C39H28Cl2F8O/c1-2-3-4-5-6-7-8-22-9-11-23(12-10-22)25-16-34(46)38(35(47)17-25)50-39(48,49)27-20-29(40)36(31(43)21-27)24-13-14-28(30(42)15-24)26-18-32(44)37(41)33(45)19-26/h2,9-21H,1,3-8H2. The molecule has 0 unspecified atom stereocenters. The lowest BCUT2D eigenvalue weighted by Gasteiger charge is -2.21. The number of hydrogen-bond donors (Lipinski definition) is 0. The van der Waals surface area contributed by atoms with Gasteiger partial charge >= 0.3 is 6.11 Å². The molecule has 0 aromatic heterocycles. The highest BCUT2D eigenvalue weighted by Gasteiger charge is 2.38. The molecule has 11 heteroatoms. The number of unbranched alkanes of at least 4 members (excludes halogenated alkanes) is 4. The van der Waals surface area contributed by atoms with Crippen LogP contribution in [0, 0.1) is 34.9 Å². The zero-order valence-electron chi connectivity index (χ0n) is 26.2. The van der Waals surface area contributed by atoms with E-state index in [0.717, 1.165) is 86.6 Å². The summed E-state index contributed by atoms with van der Waals surface area (Å²) in [5.74, 6) is -8.84. The molecule has 0 spiro atoms. The summed E-state index contributed by atoms with van der Waals surface area (Å²) in [4.78, 5) is 0. The van der Waals surface area contributed by atoms with Crippen molar-refractivity contribution in [3.05, 3.63) is 148 Å². The molecule has 0 aliphatic rings. The number of alkyl halides is 2. The molecule has 0 heterocycles. The summed E-state index contributed by atoms with van der Waals surface area (Å²) >= 11 is 11.6. The van der Waals surface area contributed by atoms with Crippen molar-refractivity contribution < 1.29 is 39.9 Å². The molecule has 1 nitrogen and oxygen atoms in total. The van der Waals surface area contributed by atoms with Crippen LogP contribution in [0.15, 0.2) is 91.5 Å². The number of halogens is 10. The molecular weight excluding hydrogens is 707 g/mol. The van der Waals surface area contributed by atoms with Crippen LogP contribution in [0.3, 0.4) is 0 Å². The molecule has 5 rings (SSSR count). The molecule has 50 heavy (non-hydrogen) atoms. The van der Waals surface area contributed by atoms with E-state index in [9.17, 15) is 8.78 Å². The maximum Gasteiger partial charge on any atom is 0.427 e. The lowest BCUT2D eigenvalue weighted by atomic mass is 9.98. The molecule has 0 saturated carbocycles. The maximum absolute atomic E-state index is 15.3. The van der Waals surface area contributed by atoms with Crippen molar-refractivity contribution in [1.82, 2.24) is 0 Å². The van der Waals surface area contributed by atoms with Gasteiger partial charge in [-0.25, -0.2) is 26.3 Å². The van der Waals surface area contributed by atoms with Gasteiger partial charge in [0, 0.05) is 11.1 Å². The van der Waals surface area contributed by atoms with Crippen molar-refractivity contribution in [2.24, 2.45) is 0 Å². The predicted octanol–water partition coefficient (Wildman–Crippen LogP) is 13.6. The quantitative estimate of drug-likeness (QED) is 0.0506. The largest absolute Gasteiger partial charge is 0.427 e. The average Bonchev–Trinajstić information content (AvgIpc) is 3.06. The fraction of sp³-hybridized carbons (Fsp3) is 0.179. The van der Waals surface area contributed by atoms with E-state index >= 15 is 26.3 Å². The second kappa shape index (κ2) is 15.7. The molecule has 5 aromatic carbocycles. The van der Waals surface area contributed by atoms with Crippen LogP contribution >= 0.6 is 23.2 Å². The van der Waals surface area contributed by atoms with E-state index in [1.165, 1.54) is 0 Å². The summed E-state index contributed by atoms with van der Waals surface area (Å²) in [6, 6.07) is 14.3. The number of rotatable bonds is 13. The Morgan fingerprint density at radius 1 is 0.600 bits per heavy atom. The van der Waals surface area contributed by atoms with Gasteiger partial charge in [-0.1, -0.05) is 78.5 Å². The van der Waals surface area contributed by atoms with E-state index in [1.807, 2.05) is 18.2 Å². The van der Waals surface area contributed by atoms with Gasteiger partial charge in [0.25, 0.3) is 0 Å². The number of ether oxygens (including phenoxy) is 1. The third kappa shape index (κ3) is 8.33. The minimum atomic E-state index is -4.46. The Morgan fingerprint density at radius 2 is 1.18 bits per heavy atom. The van der Waals surface area contributed by atoms with E-state index in [1.54, 1.807) is 12.1 Å². The second-order valence-electron chi connectivity index (χ2n) is 11.6. The number of benzene rings is 5. The Kier molecular flexibility index (Phi) is 11.6. The Morgan fingerprint density at radius 3 is 1.78 bits per heavy atom. The van der Waals surface area contributed by atoms with Gasteiger partial charge in [-0.15, -0.1) is 6.58 Å². The number of hydrogen-bond acceptors (Lipinski definition) is 1. The summed E-state index contributed by atoms with van der Waals surface area (Å²) in [6.45, 7) is 3.71. The molecule has 260 valence electrons. The molecular formula is C39H28Cl2F8O. The van der Waals surface area contributed by atoms with Crippen molar-refractivity contribution in [3.63, 3.8) is 0 Å². The van der Waals surface area contributed by atoms with Crippen molar-refractivity contribution in [1.29, 1.82) is 0 Å².